The number of nitrogens with zero attached hydrogens (tertiary/aromatic N) is 3. The lowest BCUT2D eigenvalue weighted by Crippen LogP contribution is -2.41. The van der Waals surface area contributed by atoms with Gasteiger partial charge in [-0.2, -0.15) is 5.26 Å². The van der Waals surface area contributed by atoms with E-state index in [1.165, 1.54) is 24.1 Å². The number of likely N-dealkylation sites (tertiary alicyclic amines) is 1. The van der Waals surface area contributed by atoms with E-state index in [1.807, 2.05) is 30.0 Å². The third kappa shape index (κ3) is 5.44. The maximum Gasteiger partial charge on any atom is 0.253 e. The number of rotatable bonds is 6. The molecule has 0 aromatic heterocycles. The molecule has 1 fully saturated rings. The summed E-state index contributed by atoms with van der Waals surface area (Å²) >= 11 is 0. The average molecular weight is 422 g/mol. The van der Waals surface area contributed by atoms with E-state index in [-0.39, 0.29) is 11.5 Å². The third-order valence-electron chi connectivity index (χ3n) is 6.45. The van der Waals surface area contributed by atoms with Gasteiger partial charge in [0.2, 0.25) is 0 Å². The normalized spacial score (nSPS) is 19.6. The second kappa shape index (κ2) is 10.4. The summed E-state index contributed by atoms with van der Waals surface area (Å²) in [6, 6.07) is 6.56. The van der Waals surface area contributed by atoms with E-state index in [4.69, 9.17) is 5.26 Å². The molecular weight excluding hydrogens is 389 g/mol. The summed E-state index contributed by atoms with van der Waals surface area (Å²) in [5, 5.41) is 9.06. The Hall–Kier alpha value is -2.87. The van der Waals surface area contributed by atoms with E-state index in [2.05, 4.69) is 24.8 Å². The molecule has 3 rings (SSSR count). The summed E-state index contributed by atoms with van der Waals surface area (Å²) in [6.07, 6.45) is 10.2. The predicted molar refractivity (Wildman–Crippen MR) is 122 cm³/mol. The number of halogens is 1. The highest BCUT2D eigenvalue weighted by atomic mass is 19.1. The molecule has 2 aliphatic rings. The zero-order valence-electron chi connectivity index (χ0n) is 18.8. The number of piperidine rings is 1. The summed E-state index contributed by atoms with van der Waals surface area (Å²) in [5.41, 5.74) is 3.52. The summed E-state index contributed by atoms with van der Waals surface area (Å²) in [5.74, 6) is 0.0991. The van der Waals surface area contributed by atoms with Gasteiger partial charge >= 0.3 is 0 Å². The highest BCUT2D eigenvalue weighted by Gasteiger charge is 2.27. The fourth-order valence-electron chi connectivity index (χ4n) is 4.22. The lowest BCUT2D eigenvalue weighted by molar-refractivity contribution is -0.128. The van der Waals surface area contributed by atoms with Crippen LogP contribution in [0, 0.1) is 23.1 Å². The Bertz CT molecular complexity index is 954. The quantitative estimate of drug-likeness (QED) is 0.587. The Morgan fingerprint density at radius 2 is 2.19 bits per heavy atom. The molecule has 1 saturated heterocycles. The van der Waals surface area contributed by atoms with Crippen LogP contribution < -0.4 is 0 Å². The molecule has 5 heteroatoms. The monoisotopic (exact) mass is 421 g/mol. The maximum atomic E-state index is 14.4. The molecule has 0 saturated carbocycles. The van der Waals surface area contributed by atoms with Gasteiger partial charge in [-0.15, -0.1) is 0 Å². The Kier molecular flexibility index (Phi) is 7.68. The Morgan fingerprint density at radius 1 is 1.39 bits per heavy atom. The van der Waals surface area contributed by atoms with Crippen molar-refractivity contribution in [3.05, 3.63) is 64.5 Å². The largest absolute Gasteiger partial charge is 0.367 e. The molecule has 2 heterocycles. The van der Waals surface area contributed by atoms with E-state index >= 15 is 0 Å². The number of carbonyl (C=O) groups is 1. The molecule has 0 radical (unpaired) electrons. The Labute approximate surface area is 185 Å². The predicted octanol–water partition coefficient (Wildman–Crippen LogP) is 5.29. The van der Waals surface area contributed by atoms with Crippen molar-refractivity contribution in [3.8, 4) is 6.07 Å². The lowest BCUT2D eigenvalue weighted by atomic mass is 9.94. The lowest BCUT2D eigenvalue weighted by Gasteiger charge is -2.35. The molecule has 0 spiro atoms. The molecule has 0 N–H and O–H groups in total. The SMILES string of the molecule is C/C=C(\C)CCN1CC=C(C(=O)N2CCCC(CC)C2)C=C1c1ccc(C#N)c(F)c1. The van der Waals surface area contributed by atoms with Crippen molar-refractivity contribution in [1.82, 2.24) is 9.80 Å². The van der Waals surface area contributed by atoms with Crippen LogP contribution in [0.3, 0.4) is 0 Å². The van der Waals surface area contributed by atoms with Crippen molar-refractivity contribution >= 4 is 11.6 Å². The van der Waals surface area contributed by atoms with Crippen molar-refractivity contribution in [1.29, 1.82) is 5.26 Å². The highest BCUT2D eigenvalue weighted by Crippen LogP contribution is 2.29. The molecule has 31 heavy (non-hydrogen) atoms. The van der Waals surface area contributed by atoms with Gasteiger partial charge in [-0.05, 0) is 57.2 Å². The van der Waals surface area contributed by atoms with Crippen LogP contribution in [-0.2, 0) is 4.79 Å². The van der Waals surface area contributed by atoms with Crippen molar-refractivity contribution in [2.24, 2.45) is 5.92 Å². The van der Waals surface area contributed by atoms with Gasteiger partial charge in [0.1, 0.15) is 11.9 Å². The first kappa shape index (κ1) is 22.8. The van der Waals surface area contributed by atoms with Gasteiger partial charge in [0.25, 0.3) is 5.91 Å². The average Bonchev–Trinajstić information content (AvgIpc) is 2.81. The molecule has 2 aliphatic heterocycles. The van der Waals surface area contributed by atoms with E-state index < -0.39 is 5.82 Å². The fourth-order valence-corrected chi connectivity index (χ4v) is 4.22. The van der Waals surface area contributed by atoms with Gasteiger partial charge in [0, 0.05) is 43.0 Å². The third-order valence-corrected chi connectivity index (χ3v) is 6.45. The maximum absolute atomic E-state index is 14.4. The van der Waals surface area contributed by atoms with Crippen LogP contribution in [0.1, 0.15) is 57.6 Å². The van der Waals surface area contributed by atoms with Crippen molar-refractivity contribution in [2.45, 2.75) is 46.5 Å². The number of allylic oxidation sites excluding steroid dienone is 1. The van der Waals surface area contributed by atoms with Crippen LogP contribution in [0.4, 0.5) is 4.39 Å². The van der Waals surface area contributed by atoms with Gasteiger partial charge in [0.05, 0.1) is 5.56 Å². The molecule has 1 aromatic rings. The van der Waals surface area contributed by atoms with Gasteiger partial charge < -0.3 is 9.80 Å². The van der Waals surface area contributed by atoms with Crippen LogP contribution in [0.15, 0.2) is 47.6 Å². The molecule has 0 bridgehead atoms. The first-order valence-electron chi connectivity index (χ1n) is 11.2. The van der Waals surface area contributed by atoms with Crippen LogP contribution in [0.5, 0.6) is 0 Å². The number of hydrogen-bond acceptors (Lipinski definition) is 3. The second-order valence-corrected chi connectivity index (χ2v) is 8.49. The Morgan fingerprint density at radius 3 is 2.87 bits per heavy atom. The smallest absolute Gasteiger partial charge is 0.253 e. The standard InChI is InChI=1S/C26H32FN3O/c1-4-19(3)10-13-29-14-11-22(26(31)30-12-6-7-20(5-2)18-30)16-25(29)21-8-9-23(17-28)24(27)15-21/h4,8-9,11,15-16,20H,5-7,10,12-14,18H2,1-3H3/b19-4+. The van der Waals surface area contributed by atoms with Gasteiger partial charge in [-0.25, -0.2) is 4.39 Å². The molecule has 0 aliphatic carbocycles. The first-order chi connectivity index (χ1) is 15.0. The summed E-state index contributed by atoms with van der Waals surface area (Å²) < 4.78 is 14.4. The zero-order valence-corrected chi connectivity index (χ0v) is 18.8. The molecule has 164 valence electrons. The molecule has 4 nitrogen and oxygen atoms in total. The number of hydrogen-bond donors (Lipinski definition) is 0. The molecule has 1 atom stereocenters. The number of nitriles is 1. The molecule has 1 amide bonds. The highest BCUT2D eigenvalue weighted by molar-refractivity contribution is 5.98. The van der Waals surface area contributed by atoms with E-state index in [0.717, 1.165) is 44.6 Å². The van der Waals surface area contributed by atoms with Crippen LogP contribution >= 0.6 is 0 Å². The molecule has 1 aromatic carbocycles. The van der Waals surface area contributed by atoms with Crippen LogP contribution in [-0.4, -0.2) is 41.9 Å². The fraction of sp³-hybridized carbons (Fsp3) is 0.462. The van der Waals surface area contributed by atoms with Gasteiger partial charge in [-0.3, -0.25) is 4.79 Å². The minimum atomic E-state index is -0.533. The van der Waals surface area contributed by atoms with Gasteiger partial charge in [-0.1, -0.05) is 37.1 Å². The van der Waals surface area contributed by atoms with Crippen LogP contribution in [0.2, 0.25) is 0 Å². The number of benzene rings is 1. The second-order valence-electron chi connectivity index (χ2n) is 8.49. The molecule has 1 unspecified atom stereocenters. The van der Waals surface area contributed by atoms with Gasteiger partial charge in [0.15, 0.2) is 0 Å². The number of amides is 1. The molecular formula is C26H32FN3O. The van der Waals surface area contributed by atoms with Crippen molar-refractivity contribution in [2.75, 3.05) is 26.2 Å². The van der Waals surface area contributed by atoms with E-state index in [1.54, 1.807) is 6.07 Å². The minimum Gasteiger partial charge on any atom is -0.367 e. The summed E-state index contributed by atoms with van der Waals surface area (Å²) in [4.78, 5) is 17.4. The topological polar surface area (TPSA) is 47.3 Å². The number of carbonyl (C=O) groups excluding carboxylic acids is 1. The summed E-state index contributed by atoms with van der Waals surface area (Å²) in [6.45, 7) is 9.30. The van der Waals surface area contributed by atoms with E-state index in [0.29, 0.717) is 23.6 Å². The first-order valence-corrected chi connectivity index (χ1v) is 11.2. The summed E-state index contributed by atoms with van der Waals surface area (Å²) in [7, 11) is 0. The van der Waals surface area contributed by atoms with Crippen molar-refractivity contribution in [3.63, 3.8) is 0 Å². The zero-order chi connectivity index (χ0) is 22.4. The minimum absolute atomic E-state index is 0.0298. The Balaban J connectivity index is 1.89. The van der Waals surface area contributed by atoms with E-state index in [9.17, 15) is 9.18 Å². The van der Waals surface area contributed by atoms with Crippen LogP contribution in [0.25, 0.3) is 5.70 Å². The van der Waals surface area contributed by atoms with Crippen molar-refractivity contribution < 1.29 is 9.18 Å².